The molecule has 0 fully saturated rings. The smallest absolute Gasteiger partial charge is 0.0500 e. The monoisotopic (exact) mass is 146 g/mol. The van der Waals surface area contributed by atoms with Gasteiger partial charge in [0.2, 0.25) is 0 Å². The molecule has 0 aliphatic rings. The standard InChI is InChI=1S/C5H12.C4H10.CH4/c1-3-5-4-2;1-4(2)3;/h3-5H2,1-2H3;4H,1-3H3;1H4. The number of rotatable bonds is 2. The van der Waals surface area contributed by atoms with Crippen LogP contribution in [0.2, 0.25) is 0 Å². The molecule has 0 saturated heterocycles. The van der Waals surface area contributed by atoms with Crippen molar-refractivity contribution in [1.82, 2.24) is 0 Å². The molecule has 0 N–H and O–H groups in total. The van der Waals surface area contributed by atoms with Crippen LogP contribution in [0.4, 0.5) is 0 Å². The van der Waals surface area contributed by atoms with Crippen LogP contribution in [0.25, 0.3) is 0 Å². The van der Waals surface area contributed by atoms with Gasteiger partial charge in [-0.05, 0) is 5.92 Å². The van der Waals surface area contributed by atoms with E-state index >= 15 is 0 Å². The summed E-state index contributed by atoms with van der Waals surface area (Å²) >= 11 is 0. The van der Waals surface area contributed by atoms with Crippen molar-refractivity contribution in [2.45, 2.75) is 61.3 Å². The van der Waals surface area contributed by atoms with Gasteiger partial charge in [-0.25, -0.2) is 0 Å². The molecule has 0 spiro atoms. The number of unbranched alkanes of at least 4 members (excludes halogenated alkanes) is 2. The highest BCUT2D eigenvalue weighted by molar-refractivity contribution is 4.24. The molecule has 0 unspecified atom stereocenters. The average Bonchev–Trinajstić information content (AvgIpc) is 1.66. The quantitative estimate of drug-likeness (QED) is 0.538. The second kappa shape index (κ2) is 16.0. The van der Waals surface area contributed by atoms with E-state index in [0.29, 0.717) is 0 Å². The minimum atomic E-state index is 0. The van der Waals surface area contributed by atoms with Gasteiger partial charge in [-0.15, -0.1) is 0 Å². The Balaban J connectivity index is -0.0000000910. The van der Waals surface area contributed by atoms with Crippen LogP contribution in [-0.2, 0) is 0 Å². The van der Waals surface area contributed by atoms with Gasteiger partial charge in [0.05, 0.1) is 0 Å². The van der Waals surface area contributed by atoms with Crippen molar-refractivity contribution in [3.8, 4) is 0 Å². The van der Waals surface area contributed by atoms with E-state index in [0.717, 1.165) is 5.92 Å². The summed E-state index contributed by atoms with van der Waals surface area (Å²) in [5.74, 6) is 0.833. The summed E-state index contributed by atoms with van der Waals surface area (Å²) in [6.45, 7) is 10.9. The molecule has 0 aliphatic carbocycles. The third-order valence-corrected chi connectivity index (χ3v) is 0.707. The summed E-state index contributed by atoms with van der Waals surface area (Å²) in [4.78, 5) is 0. The van der Waals surface area contributed by atoms with E-state index in [1.807, 2.05) is 0 Å². The molecule has 66 valence electrons. The van der Waals surface area contributed by atoms with Crippen molar-refractivity contribution in [2.75, 3.05) is 0 Å². The topological polar surface area (TPSA) is 0 Å². The molecule has 0 aromatic heterocycles. The molecular weight excluding hydrogens is 120 g/mol. The Kier molecular flexibility index (Phi) is 26.4. The highest BCUT2D eigenvalue weighted by atomic mass is 13.7. The number of hydrogen-bond acceptors (Lipinski definition) is 0. The molecule has 0 bridgehead atoms. The molecule has 0 aliphatic heterocycles. The fourth-order valence-electron chi connectivity index (χ4n) is 0.354. The predicted octanol–water partition coefficient (Wildman–Crippen LogP) is 4.49. The molecule has 0 atom stereocenters. The second-order valence-corrected chi connectivity index (χ2v) is 3.09. The number of hydrogen-bond donors (Lipinski definition) is 0. The molecule has 0 nitrogen and oxygen atoms in total. The molecule has 0 aromatic rings. The molecule has 0 aromatic carbocycles. The Morgan fingerprint density at radius 2 is 1.10 bits per heavy atom. The van der Waals surface area contributed by atoms with Crippen LogP contribution in [0.15, 0.2) is 0 Å². The fraction of sp³-hybridized carbons (Fsp3) is 1.00. The Bertz CT molecular complexity index is 24.3. The van der Waals surface area contributed by atoms with Gasteiger partial charge in [0.1, 0.15) is 0 Å². The van der Waals surface area contributed by atoms with E-state index in [-0.39, 0.29) is 7.43 Å². The maximum Gasteiger partial charge on any atom is -0.0500 e. The first-order chi connectivity index (χ1) is 4.15. The zero-order chi connectivity index (χ0) is 7.70. The van der Waals surface area contributed by atoms with Gasteiger partial charge in [0, 0.05) is 0 Å². The molecule has 0 heteroatoms. The Morgan fingerprint density at radius 3 is 1.10 bits per heavy atom. The van der Waals surface area contributed by atoms with E-state index in [4.69, 9.17) is 0 Å². The van der Waals surface area contributed by atoms with Gasteiger partial charge in [-0.1, -0.05) is 61.3 Å². The highest BCUT2D eigenvalue weighted by Crippen LogP contribution is 1.88. The normalized spacial score (nSPS) is 7.80. The summed E-state index contributed by atoms with van der Waals surface area (Å²) in [6, 6.07) is 0. The Hall–Kier alpha value is 0. The van der Waals surface area contributed by atoms with Gasteiger partial charge >= 0.3 is 0 Å². The molecule has 0 amide bonds. The largest absolute Gasteiger partial charge is 0.0776 e. The first kappa shape index (κ1) is 16.5. The summed E-state index contributed by atoms with van der Waals surface area (Å²) in [7, 11) is 0. The molecule has 0 radical (unpaired) electrons. The third-order valence-electron chi connectivity index (χ3n) is 0.707. The lowest BCUT2D eigenvalue weighted by molar-refractivity contribution is 0.737. The zero-order valence-electron chi connectivity index (χ0n) is 7.70. The Labute approximate surface area is 68.0 Å². The van der Waals surface area contributed by atoms with Crippen LogP contribution in [0.1, 0.15) is 61.3 Å². The predicted molar refractivity (Wildman–Crippen MR) is 52.4 cm³/mol. The average molecular weight is 146 g/mol. The van der Waals surface area contributed by atoms with Crippen molar-refractivity contribution in [3.63, 3.8) is 0 Å². The molecule has 0 heterocycles. The van der Waals surface area contributed by atoms with Crippen molar-refractivity contribution < 1.29 is 0 Å². The van der Waals surface area contributed by atoms with Crippen LogP contribution >= 0.6 is 0 Å². The lowest BCUT2D eigenvalue weighted by Gasteiger charge is -1.79. The summed E-state index contributed by atoms with van der Waals surface area (Å²) in [5, 5.41) is 0. The SMILES string of the molecule is C.CC(C)C.CCCCC. The van der Waals surface area contributed by atoms with E-state index in [9.17, 15) is 0 Å². The van der Waals surface area contributed by atoms with Crippen LogP contribution in [-0.4, -0.2) is 0 Å². The third kappa shape index (κ3) is 98.0. The van der Waals surface area contributed by atoms with Crippen molar-refractivity contribution in [2.24, 2.45) is 5.92 Å². The van der Waals surface area contributed by atoms with E-state index in [1.54, 1.807) is 0 Å². The second-order valence-electron chi connectivity index (χ2n) is 3.09. The summed E-state index contributed by atoms with van der Waals surface area (Å²) in [5.41, 5.74) is 0. The van der Waals surface area contributed by atoms with Crippen LogP contribution in [0, 0.1) is 5.92 Å². The maximum atomic E-state index is 2.21. The summed E-state index contributed by atoms with van der Waals surface area (Å²) < 4.78 is 0. The van der Waals surface area contributed by atoms with E-state index in [1.165, 1.54) is 19.3 Å². The fourth-order valence-corrected chi connectivity index (χ4v) is 0.354. The minimum absolute atomic E-state index is 0. The highest BCUT2D eigenvalue weighted by Gasteiger charge is 1.68. The zero-order valence-corrected chi connectivity index (χ0v) is 7.70. The lowest BCUT2D eigenvalue weighted by atomic mass is 10.3. The Morgan fingerprint density at radius 1 is 0.900 bits per heavy atom. The van der Waals surface area contributed by atoms with Gasteiger partial charge in [-0.3, -0.25) is 0 Å². The molecular formula is C10H26. The van der Waals surface area contributed by atoms with Crippen molar-refractivity contribution in [3.05, 3.63) is 0 Å². The van der Waals surface area contributed by atoms with Crippen LogP contribution < -0.4 is 0 Å². The van der Waals surface area contributed by atoms with Crippen LogP contribution in [0.5, 0.6) is 0 Å². The first-order valence-electron chi connectivity index (χ1n) is 4.15. The van der Waals surface area contributed by atoms with E-state index in [2.05, 4.69) is 34.6 Å². The van der Waals surface area contributed by atoms with Crippen molar-refractivity contribution in [1.29, 1.82) is 0 Å². The van der Waals surface area contributed by atoms with Gasteiger partial charge in [-0.2, -0.15) is 0 Å². The lowest BCUT2D eigenvalue weighted by Crippen LogP contribution is -1.66. The van der Waals surface area contributed by atoms with E-state index < -0.39 is 0 Å². The molecule has 0 saturated carbocycles. The molecule has 0 rings (SSSR count). The van der Waals surface area contributed by atoms with Gasteiger partial charge in [0.25, 0.3) is 0 Å². The first-order valence-corrected chi connectivity index (χ1v) is 4.15. The van der Waals surface area contributed by atoms with Crippen LogP contribution in [0.3, 0.4) is 0 Å². The minimum Gasteiger partial charge on any atom is -0.0776 e. The van der Waals surface area contributed by atoms with Crippen molar-refractivity contribution >= 4 is 0 Å². The van der Waals surface area contributed by atoms with Gasteiger partial charge in [0.15, 0.2) is 0 Å². The van der Waals surface area contributed by atoms with Gasteiger partial charge < -0.3 is 0 Å². The molecule has 10 heavy (non-hydrogen) atoms. The maximum absolute atomic E-state index is 2.21. The summed E-state index contributed by atoms with van der Waals surface area (Å²) in [6.07, 6.45) is 4.08.